The smallest absolute Gasteiger partial charge is 0.318 e. The third-order valence-corrected chi connectivity index (χ3v) is 8.32. The van der Waals surface area contributed by atoms with Crippen molar-refractivity contribution in [1.82, 2.24) is 20.4 Å². The van der Waals surface area contributed by atoms with Crippen LogP contribution in [0.5, 0.6) is 0 Å². The molecule has 0 radical (unpaired) electrons. The Labute approximate surface area is 227 Å². The number of hydrogen-bond donors (Lipinski definition) is 2. The highest BCUT2D eigenvalue weighted by molar-refractivity contribution is 7.10. The first-order valence-electron chi connectivity index (χ1n) is 13.2. The Morgan fingerprint density at radius 1 is 0.921 bits per heavy atom. The third kappa shape index (κ3) is 5.11. The Morgan fingerprint density at radius 3 is 2.18 bits per heavy atom. The summed E-state index contributed by atoms with van der Waals surface area (Å²) in [5.74, 6) is -1.30. The van der Waals surface area contributed by atoms with Gasteiger partial charge in [0, 0.05) is 48.6 Å². The monoisotopic (exact) mass is 530 g/mol. The molecule has 0 aliphatic carbocycles. The summed E-state index contributed by atoms with van der Waals surface area (Å²) >= 11 is 1.51. The molecule has 5 rings (SSSR count). The molecule has 3 amide bonds. The number of carbonyl (C=O) groups is 3. The van der Waals surface area contributed by atoms with Gasteiger partial charge in [0.2, 0.25) is 5.91 Å². The van der Waals surface area contributed by atoms with Crippen LogP contribution >= 0.6 is 11.3 Å². The quantitative estimate of drug-likeness (QED) is 0.466. The van der Waals surface area contributed by atoms with E-state index in [0.29, 0.717) is 31.7 Å². The van der Waals surface area contributed by atoms with E-state index in [4.69, 9.17) is 0 Å². The molecule has 198 valence electrons. The van der Waals surface area contributed by atoms with Crippen molar-refractivity contribution in [2.45, 2.75) is 37.9 Å². The number of hydrogen-bond acceptors (Lipinski definition) is 5. The highest BCUT2D eigenvalue weighted by atomic mass is 32.1. The van der Waals surface area contributed by atoms with Gasteiger partial charge >= 0.3 is 6.03 Å². The van der Waals surface area contributed by atoms with Crippen molar-refractivity contribution in [3.63, 3.8) is 0 Å². The zero-order valence-corrected chi connectivity index (χ0v) is 22.6. The number of nitrogens with zero attached hydrogens (tertiary/aromatic N) is 2. The molecule has 2 N–H and O–H groups in total. The standard InChI is InChI=1S/C30H34N4O3S/c1-20(2)32-30(37)34-26(23-14-9-19-38-23)25(28(35)22-12-7-4-8-13-22)24(21-10-5-3-6-11-21)27(34)29(36)33-17-15-31-16-18-33/h3-14,19-20,24-27,31H,15-18H2,1-2H3,(H,32,37). The summed E-state index contributed by atoms with van der Waals surface area (Å²) in [5, 5.41) is 8.30. The average Bonchev–Trinajstić information content (AvgIpc) is 3.60. The SMILES string of the molecule is CC(C)NC(=O)N1C(C(=O)N2CCNCC2)C(c2ccccc2)C(C(=O)c2ccccc2)C1c1cccs1. The molecule has 7 nitrogen and oxygen atoms in total. The van der Waals surface area contributed by atoms with Crippen molar-refractivity contribution in [2.24, 2.45) is 5.92 Å². The maximum Gasteiger partial charge on any atom is 0.318 e. The molecule has 2 aliphatic heterocycles. The molecule has 4 unspecified atom stereocenters. The number of likely N-dealkylation sites (tertiary alicyclic amines) is 1. The molecule has 0 spiro atoms. The average molecular weight is 531 g/mol. The fourth-order valence-electron chi connectivity index (χ4n) is 5.77. The first-order valence-corrected chi connectivity index (χ1v) is 14.1. The maximum absolute atomic E-state index is 14.4. The topological polar surface area (TPSA) is 81.8 Å². The van der Waals surface area contributed by atoms with Gasteiger partial charge < -0.3 is 20.4 Å². The molecule has 3 aromatic rings. The van der Waals surface area contributed by atoms with E-state index < -0.39 is 23.9 Å². The second kappa shape index (κ2) is 11.5. The lowest BCUT2D eigenvalue weighted by Gasteiger charge is -2.36. The van der Waals surface area contributed by atoms with Crippen LogP contribution in [-0.4, -0.2) is 65.8 Å². The Bertz CT molecular complexity index is 1240. The zero-order chi connectivity index (χ0) is 26.6. The van der Waals surface area contributed by atoms with E-state index >= 15 is 0 Å². The van der Waals surface area contributed by atoms with Gasteiger partial charge in [-0.05, 0) is 30.9 Å². The van der Waals surface area contributed by atoms with Crippen LogP contribution in [0.4, 0.5) is 4.79 Å². The minimum atomic E-state index is -0.820. The molecule has 2 saturated heterocycles. The minimum absolute atomic E-state index is 0.0594. The van der Waals surface area contributed by atoms with Crippen molar-refractivity contribution < 1.29 is 14.4 Å². The van der Waals surface area contributed by atoms with E-state index in [2.05, 4.69) is 10.6 Å². The Morgan fingerprint density at radius 2 is 1.58 bits per heavy atom. The number of rotatable bonds is 6. The van der Waals surface area contributed by atoms with Gasteiger partial charge in [-0.1, -0.05) is 66.7 Å². The van der Waals surface area contributed by atoms with E-state index in [1.807, 2.05) is 96.9 Å². The molecular formula is C30H34N4O3S. The van der Waals surface area contributed by atoms with Gasteiger partial charge in [-0.2, -0.15) is 0 Å². The fourth-order valence-corrected chi connectivity index (χ4v) is 6.64. The number of benzene rings is 2. The molecule has 0 bridgehead atoms. The molecule has 1 aromatic heterocycles. The highest BCUT2D eigenvalue weighted by Crippen LogP contribution is 2.52. The van der Waals surface area contributed by atoms with Crippen molar-refractivity contribution in [2.75, 3.05) is 26.2 Å². The van der Waals surface area contributed by atoms with E-state index in [1.165, 1.54) is 11.3 Å². The molecule has 2 aromatic carbocycles. The molecule has 0 saturated carbocycles. The molecule has 38 heavy (non-hydrogen) atoms. The summed E-state index contributed by atoms with van der Waals surface area (Å²) in [6.45, 7) is 6.35. The molecular weight excluding hydrogens is 496 g/mol. The van der Waals surface area contributed by atoms with Crippen LogP contribution in [0.3, 0.4) is 0 Å². The van der Waals surface area contributed by atoms with Gasteiger partial charge in [-0.3, -0.25) is 9.59 Å². The summed E-state index contributed by atoms with van der Waals surface area (Å²) in [7, 11) is 0. The number of amides is 3. The Balaban J connectivity index is 1.71. The van der Waals surface area contributed by atoms with Crippen molar-refractivity contribution in [3.05, 3.63) is 94.2 Å². The first-order chi connectivity index (χ1) is 18.5. The largest absolute Gasteiger partial charge is 0.338 e. The number of nitrogens with one attached hydrogen (secondary N) is 2. The van der Waals surface area contributed by atoms with Crippen LogP contribution in [0.25, 0.3) is 0 Å². The van der Waals surface area contributed by atoms with E-state index in [-0.39, 0.29) is 23.8 Å². The summed E-state index contributed by atoms with van der Waals surface area (Å²) < 4.78 is 0. The summed E-state index contributed by atoms with van der Waals surface area (Å²) in [5.41, 5.74) is 1.47. The van der Waals surface area contributed by atoms with Crippen LogP contribution in [0.2, 0.25) is 0 Å². The van der Waals surface area contributed by atoms with E-state index in [0.717, 1.165) is 10.4 Å². The number of Topliss-reactive ketones (excluding diaryl/α,β-unsaturated/α-hetero) is 1. The molecule has 8 heteroatoms. The lowest BCUT2D eigenvalue weighted by atomic mass is 9.77. The number of carbonyl (C=O) groups excluding carboxylic acids is 3. The summed E-state index contributed by atoms with van der Waals surface area (Å²) in [6, 6.07) is 21.0. The number of thiophene rings is 1. The van der Waals surface area contributed by atoms with Gasteiger partial charge in [-0.25, -0.2) is 4.79 Å². The highest BCUT2D eigenvalue weighted by Gasteiger charge is 2.58. The van der Waals surface area contributed by atoms with Gasteiger partial charge in [0.25, 0.3) is 0 Å². The van der Waals surface area contributed by atoms with Crippen molar-refractivity contribution >= 4 is 29.1 Å². The normalized spacial score (nSPS) is 23.4. The molecule has 3 heterocycles. The maximum atomic E-state index is 14.4. The second-order valence-electron chi connectivity index (χ2n) is 10.2. The number of urea groups is 1. The van der Waals surface area contributed by atoms with Gasteiger partial charge in [0.15, 0.2) is 5.78 Å². The van der Waals surface area contributed by atoms with Crippen molar-refractivity contribution in [3.8, 4) is 0 Å². The van der Waals surface area contributed by atoms with Crippen LogP contribution in [-0.2, 0) is 4.79 Å². The van der Waals surface area contributed by atoms with Crippen LogP contribution in [0, 0.1) is 5.92 Å². The van der Waals surface area contributed by atoms with E-state index in [1.54, 1.807) is 4.90 Å². The van der Waals surface area contributed by atoms with Crippen LogP contribution < -0.4 is 10.6 Å². The second-order valence-corrected chi connectivity index (χ2v) is 11.2. The Kier molecular flexibility index (Phi) is 7.90. The van der Waals surface area contributed by atoms with E-state index in [9.17, 15) is 14.4 Å². The number of ketones is 1. The lowest BCUT2D eigenvalue weighted by Crippen LogP contribution is -2.56. The fraction of sp³-hybridized carbons (Fsp3) is 0.367. The minimum Gasteiger partial charge on any atom is -0.338 e. The summed E-state index contributed by atoms with van der Waals surface area (Å²) in [4.78, 5) is 47.1. The third-order valence-electron chi connectivity index (χ3n) is 7.38. The predicted octanol–water partition coefficient (Wildman–Crippen LogP) is 4.31. The zero-order valence-electron chi connectivity index (χ0n) is 21.7. The van der Waals surface area contributed by atoms with Crippen LogP contribution in [0.15, 0.2) is 78.2 Å². The molecule has 4 atom stereocenters. The van der Waals surface area contributed by atoms with Gasteiger partial charge in [-0.15, -0.1) is 11.3 Å². The Hall–Kier alpha value is -3.49. The van der Waals surface area contributed by atoms with Crippen LogP contribution in [0.1, 0.15) is 46.6 Å². The summed E-state index contributed by atoms with van der Waals surface area (Å²) in [6.07, 6.45) is 0. The van der Waals surface area contributed by atoms with Gasteiger partial charge in [0.1, 0.15) is 6.04 Å². The molecule has 2 fully saturated rings. The molecule has 2 aliphatic rings. The predicted molar refractivity (Wildman–Crippen MR) is 149 cm³/mol. The first kappa shape index (κ1) is 26.1. The van der Waals surface area contributed by atoms with Crippen molar-refractivity contribution in [1.29, 1.82) is 0 Å². The number of piperazine rings is 1. The van der Waals surface area contributed by atoms with Gasteiger partial charge in [0.05, 0.1) is 12.0 Å². The lowest BCUT2D eigenvalue weighted by molar-refractivity contribution is -0.136.